The highest BCUT2D eigenvalue weighted by Gasteiger charge is 2.15. The summed E-state index contributed by atoms with van der Waals surface area (Å²) in [5.41, 5.74) is 0. The fraction of sp³-hybridized carbons (Fsp3) is 0.600. The van der Waals surface area contributed by atoms with E-state index >= 15 is 0 Å². The molecule has 0 N–H and O–H groups in total. The Hall–Kier alpha value is -2.43. The summed E-state index contributed by atoms with van der Waals surface area (Å²) < 4.78 is 6.38. The molecule has 0 bridgehead atoms. The zero-order valence-electron chi connectivity index (χ0n) is 15.7. The van der Waals surface area contributed by atoms with Crippen molar-refractivity contribution in [1.29, 1.82) is 0 Å². The number of thioether (sulfide) groups is 1. The topological polar surface area (TPSA) is 102 Å². The van der Waals surface area contributed by atoms with Crippen molar-refractivity contribution >= 4 is 29.6 Å². The highest BCUT2D eigenvalue weighted by Crippen LogP contribution is 2.17. The van der Waals surface area contributed by atoms with Gasteiger partial charge in [0.1, 0.15) is 6.33 Å². The van der Waals surface area contributed by atoms with Gasteiger partial charge < -0.3 is 14.5 Å². The summed E-state index contributed by atoms with van der Waals surface area (Å²) in [4.78, 5) is 32.9. The van der Waals surface area contributed by atoms with E-state index in [1.807, 2.05) is 37.7 Å². The molecular weight excluding hydrogens is 356 g/mol. The van der Waals surface area contributed by atoms with E-state index in [0.717, 1.165) is 13.1 Å². The zero-order chi connectivity index (χ0) is 19.1. The molecule has 0 aliphatic heterocycles. The third-order valence-corrected chi connectivity index (χ3v) is 4.17. The molecule has 0 radical (unpaired) electrons. The molecule has 0 unspecified atom stereocenters. The maximum absolute atomic E-state index is 11.4. The summed E-state index contributed by atoms with van der Waals surface area (Å²) in [6, 6.07) is 0. The maximum atomic E-state index is 11.4. The Morgan fingerprint density at radius 3 is 2.46 bits per heavy atom. The lowest BCUT2D eigenvalue weighted by Gasteiger charge is -2.20. The van der Waals surface area contributed by atoms with Gasteiger partial charge in [0.25, 0.3) is 5.95 Å². The van der Waals surface area contributed by atoms with Crippen LogP contribution in [0.1, 0.15) is 20.8 Å². The van der Waals surface area contributed by atoms with Gasteiger partial charge >= 0.3 is 5.97 Å². The smallest absolute Gasteiger partial charge is 0.316 e. The van der Waals surface area contributed by atoms with Crippen molar-refractivity contribution in [3.05, 3.63) is 6.33 Å². The van der Waals surface area contributed by atoms with Gasteiger partial charge in [-0.05, 0) is 20.8 Å². The molecule has 2 rings (SSSR count). The molecule has 2 aromatic rings. The van der Waals surface area contributed by atoms with Crippen LogP contribution in [-0.4, -0.2) is 75.2 Å². The number of ether oxygens (including phenoxy) is 1. The molecular formula is C15H24N8O2S. The minimum absolute atomic E-state index is 0.155. The molecule has 142 valence electrons. The van der Waals surface area contributed by atoms with E-state index in [9.17, 15) is 4.79 Å². The third-order valence-electron chi connectivity index (χ3n) is 3.35. The van der Waals surface area contributed by atoms with Crippen molar-refractivity contribution < 1.29 is 9.53 Å². The molecule has 0 amide bonds. The second-order valence-corrected chi connectivity index (χ2v) is 6.31. The van der Waals surface area contributed by atoms with E-state index < -0.39 is 0 Å². The molecule has 0 aliphatic carbocycles. The Morgan fingerprint density at radius 2 is 1.85 bits per heavy atom. The van der Waals surface area contributed by atoms with E-state index in [-0.39, 0.29) is 11.7 Å². The van der Waals surface area contributed by atoms with Crippen molar-refractivity contribution in [3.63, 3.8) is 0 Å². The molecule has 0 fully saturated rings. The number of aromatic nitrogens is 6. The van der Waals surface area contributed by atoms with Crippen molar-refractivity contribution in [3.8, 4) is 5.95 Å². The van der Waals surface area contributed by atoms with Crippen LogP contribution >= 0.6 is 11.8 Å². The Labute approximate surface area is 157 Å². The Kier molecular flexibility index (Phi) is 7.13. The van der Waals surface area contributed by atoms with E-state index in [1.54, 1.807) is 6.92 Å². The SMILES string of the molecule is CCOC(=O)CSc1ncn(-c2nc(N(C)C)nc(N(CC)CC)n2)n1. The van der Waals surface area contributed by atoms with Crippen molar-refractivity contribution in [2.45, 2.75) is 25.9 Å². The van der Waals surface area contributed by atoms with Crippen LogP contribution in [0.2, 0.25) is 0 Å². The van der Waals surface area contributed by atoms with Crippen molar-refractivity contribution in [2.75, 3.05) is 49.3 Å². The Morgan fingerprint density at radius 1 is 1.15 bits per heavy atom. The number of hydrogen-bond donors (Lipinski definition) is 0. The van der Waals surface area contributed by atoms with Gasteiger partial charge in [-0.25, -0.2) is 4.98 Å². The summed E-state index contributed by atoms with van der Waals surface area (Å²) in [7, 11) is 3.74. The molecule has 2 aromatic heterocycles. The lowest BCUT2D eigenvalue weighted by molar-refractivity contribution is -0.139. The van der Waals surface area contributed by atoms with Gasteiger partial charge in [0.05, 0.1) is 12.4 Å². The number of carbonyl (C=O) groups is 1. The van der Waals surface area contributed by atoms with Crippen LogP contribution in [0, 0.1) is 0 Å². The van der Waals surface area contributed by atoms with Crippen molar-refractivity contribution in [1.82, 2.24) is 29.7 Å². The summed E-state index contributed by atoms with van der Waals surface area (Å²) >= 11 is 1.20. The van der Waals surface area contributed by atoms with Gasteiger partial charge in [0, 0.05) is 27.2 Å². The maximum Gasteiger partial charge on any atom is 0.316 e. The molecule has 0 atom stereocenters. The van der Waals surface area contributed by atoms with Gasteiger partial charge in [-0.3, -0.25) is 4.79 Å². The summed E-state index contributed by atoms with van der Waals surface area (Å²) in [5.74, 6) is 1.35. The monoisotopic (exact) mass is 380 g/mol. The molecule has 0 saturated carbocycles. The quantitative estimate of drug-likeness (QED) is 0.463. The standard InChI is InChI=1S/C15H24N8O2S/c1-6-22(7-2)13-17-12(21(4)5)18-14(19-13)23-10-16-15(20-23)26-9-11(24)25-8-3/h10H,6-9H2,1-5H3. The predicted octanol–water partition coefficient (Wildman–Crippen LogP) is 1.02. The third kappa shape index (κ3) is 5.04. The molecule has 11 heteroatoms. The first kappa shape index (κ1) is 19.9. The number of anilines is 2. The van der Waals surface area contributed by atoms with E-state index in [0.29, 0.717) is 29.6 Å². The van der Waals surface area contributed by atoms with Crippen LogP contribution < -0.4 is 9.80 Å². The normalized spacial score (nSPS) is 10.7. The first-order valence-electron chi connectivity index (χ1n) is 8.37. The van der Waals surface area contributed by atoms with Gasteiger partial charge in [-0.2, -0.15) is 19.6 Å². The minimum Gasteiger partial charge on any atom is -0.465 e. The van der Waals surface area contributed by atoms with Crippen LogP contribution in [0.3, 0.4) is 0 Å². The Bertz CT molecular complexity index is 732. The second-order valence-electron chi connectivity index (χ2n) is 5.37. The highest BCUT2D eigenvalue weighted by atomic mass is 32.2. The molecule has 10 nitrogen and oxygen atoms in total. The lowest BCUT2D eigenvalue weighted by Crippen LogP contribution is -2.26. The van der Waals surface area contributed by atoms with Crippen LogP contribution in [0.4, 0.5) is 11.9 Å². The van der Waals surface area contributed by atoms with Crippen LogP contribution in [-0.2, 0) is 9.53 Å². The first-order chi connectivity index (χ1) is 12.5. The molecule has 2 heterocycles. The van der Waals surface area contributed by atoms with Gasteiger partial charge in [0.15, 0.2) is 0 Å². The van der Waals surface area contributed by atoms with Gasteiger partial charge in [-0.15, -0.1) is 5.10 Å². The zero-order valence-corrected chi connectivity index (χ0v) is 16.5. The van der Waals surface area contributed by atoms with Crippen LogP contribution in [0.15, 0.2) is 11.5 Å². The number of esters is 1. The second kappa shape index (κ2) is 9.32. The predicted molar refractivity (Wildman–Crippen MR) is 100.0 cm³/mol. The largest absolute Gasteiger partial charge is 0.465 e. The summed E-state index contributed by atoms with van der Waals surface area (Å²) in [5, 5.41) is 4.79. The van der Waals surface area contributed by atoms with Crippen LogP contribution in [0.25, 0.3) is 5.95 Å². The molecule has 0 saturated heterocycles. The van der Waals surface area contributed by atoms with Crippen molar-refractivity contribution in [2.24, 2.45) is 0 Å². The summed E-state index contributed by atoms with van der Waals surface area (Å²) in [6.07, 6.45) is 1.52. The molecule has 0 aromatic carbocycles. The minimum atomic E-state index is -0.298. The molecule has 0 spiro atoms. The fourth-order valence-electron chi connectivity index (χ4n) is 2.03. The Balaban J connectivity index is 2.26. The highest BCUT2D eigenvalue weighted by molar-refractivity contribution is 7.99. The molecule has 26 heavy (non-hydrogen) atoms. The van der Waals surface area contributed by atoms with Gasteiger partial charge in [-0.1, -0.05) is 11.8 Å². The lowest BCUT2D eigenvalue weighted by atomic mass is 10.5. The average molecular weight is 380 g/mol. The number of rotatable bonds is 9. The fourth-order valence-corrected chi connectivity index (χ4v) is 2.63. The van der Waals surface area contributed by atoms with Gasteiger partial charge in [0.2, 0.25) is 17.1 Å². The number of carbonyl (C=O) groups excluding carboxylic acids is 1. The molecule has 0 aliphatic rings. The van der Waals surface area contributed by atoms with Crippen LogP contribution in [0.5, 0.6) is 0 Å². The van der Waals surface area contributed by atoms with E-state index in [4.69, 9.17) is 4.74 Å². The summed E-state index contributed by atoms with van der Waals surface area (Å²) in [6.45, 7) is 7.78. The number of hydrogen-bond acceptors (Lipinski definition) is 10. The number of nitrogens with zero attached hydrogens (tertiary/aromatic N) is 8. The average Bonchev–Trinajstić information content (AvgIpc) is 3.10. The first-order valence-corrected chi connectivity index (χ1v) is 9.35. The van der Waals surface area contributed by atoms with E-state index in [1.165, 1.54) is 22.8 Å². The van der Waals surface area contributed by atoms with E-state index in [2.05, 4.69) is 25.0 Å².